The van der Waals surface area contributed by atoms with Crippen molar-refractivity contribution in [1.29, 1.82) is 0 Å². The number of hydrogen-bond donors (Lipinski definition) is 0. The van der Waals surface area contributed by atoms with Crippen LogP contribution in [0, 0.1) is 41.4 Å². The lowest BCUT2D eigenvalue weighted by Gasteiger charge is -2.28. The summed E-state index contributed by atoms with van der Waals surface area (Å²) in [6.07, 6.45) is 16.7. The maximum Gasteiger partial charge on any atom is 0.0268 e. The van der Waals surface area contributed by atoms with Crippen LogP contribution in [-0.4, -0.2) is 0 Å². The normalized spacial score (nSPS) is 35.5. The predicted molar refractivity (Wildman–Crippen MR) is 105 cm³/mol. The SMILES string of the molecule is CCCCCCCC1CC2=C(CCC1C)CC1CC#CC(C2)[C@@H]1C. The van der Waals surface area contributed by atoms with Gasteiger partial charge in [0.25, 0.3) is 0 Å². The van der Waals surface area contributed by atoms with E-state index in [1.807, 2.05) is 11.1 Å². The van der Waals surface area contributed by atoms with Gasteiger partial charge in [0.1, 0.15) is 0 Å². The fourth-order valence-electron chi connectivity index (χ4n) is 5.39. The Kier molecular flexibility index (Phi) is 6.49. The Balaban J connectivity index is 1.63. The summed E-state index contributed by atoms with van der Waals surface area (Å²) < 4.78 is 0. The van der Waals surface area contributed by atoms with Crippen LogP contribution in [0.3, 0.4) is 0 Å². The van der Waals surface area contributed by atoms with Crippen molar-refractivity contribution < 1.29 is 0 Å². The number of hydrogen-bond acceptors (Lipinski definition) is 0. The highest BCUT2D eigenvalue weighted by molar-refractivity contribution is 5.26. The third-order valence-corrected chi connectivity index (χ3v) is 7.40. The molecule has 3 aliphatic carbocycles. The highest BCUT2D eigenvalue weighted by Crippen LogP contribution is 2.46. The summed E-state index contributed by atoms with van der Waals surface area (Å²) in [4.78, 5) is 0. The molecule has 3 rings (SSSR count). The highest BCUT2D eigenvalue weighted by atomic mass is 14.4. The first-order valence-corrected chi connectivity index (χ1v) is 10.9. The standard InChI is InChI=1S/C24H38/c1-4-5-6-7-8-10-20-15-24-17-22-12-9-11-21(19(22)3)16-23(24)14-13-18(20)2/h18-22H,4-8,10-11,13-17H2,1-3H3/t18?,19-,20?,21?,22?/m1/s1. The van der Waals surface area contributed by atoms with Gasteiger partial charge in [-0.3, -0.25) is 0 Å². The molecule has 4 unspecified atom stereocenters. The molecule has 0 heterocycles. The molecule has 0 aromatic carbocycles. The highest BCUT2D eigenvalue weighted by Gasteiger charge is 2.34. The van der Waals surface area contributed by atoms with Crippen molar-refractivity contribution in [2.75, 3.05) is 0 Å². The van der Waals surface area contributed by atoms with Crippen molar-refractivity contribution >= 4 is 0 Å². The number of rotatable bonds is 6. The first-order chi connectivity index (χ1) is 11.7. The molecule has 0 saturated carbocycles. The largest absolute Gasteiger partial charge is 0.103 e. The van der Waals surface area contributed by atoms with Gasteiger partial charge in [0.15, 0.2) is 0 Å². The van der Waals surface area contributed by atoms with Crippen LogP contribution < -0.4 is 0 Å². The van der Waals surface area contributed by atoms with E-state index in [1.165, 1.54) is 70.6 Å². The average molecular weight is 327 g/mol. The van der Waals surface area contributed by atoms with Gasteiger partial charge in [0.2, 0.25) is 0 Å². The second-order valence-corrected chi connectivity index (χ2v) is 9.05. The fraction of sp³-hybridized carbons (Fsp3) is 0.833. The molecular formula is C24H38. The molecule has 0 aromatic rings. The fourth-order valence-corrected chi connectivity index (χ4v) is 5.39. The van der Waals surface area contributed by atoms with Crippen LogP contribution in [0.4, 0.5) is 0 Å². The molecule has 134 valence electrons. The number of allylic oxidation sites excluding steroid dienone is 2. The second kappa shape index (κ2) is 8.60. The molecular weight excluding hydrogens is 288 g/mol. The van der Waals surface area contributed by atoms with Crippen LogP contribution in [0.25, 0.3) is 0 Å². The summed E-state index contributed by atoms with van der Waals surface area (Å²) in [5, 5.41) is 0. The Morgan fingerprint density at radius 1 is 0.958 bits per heavy atom. The van der Waals surface area contributed by atoms with Crippen LogP contribution in [0.1, 0.15) is 97.8 Å². The number of unbranched alkanes of at least 4 members (excludes halogenated alkanes) is 4. The van der Waals surface area contributed by atoms with Gasteiger partial charge in [-0.05, 0) is 62.2 Å². The quantitative estimate of drug-likeness (QED) is 0.276. The molecule has 2 bridgehead atoms. The van der Waals surface area contributed by atoms with E-state index in [9.17, 15) is 0 Å². The Labute approximate surface area is 150 Å². The maximum atomic E-state index is 3.60. The minimum absolute atomic E-state index is 0.662. The molecule has 0 heteroatoms. The Bertz CT molecular complexity index is 500. The van der Waals surface area contributed by atoms with Crippen LogP contribution >= 0.6 is 0 Å². The Morgan fingerprint density at radius 3 is 2.62 bits per heavy atom. The molecule has 3 aliphatic rings. The van der Waals surface area contributed by atoms with E-state index >= 15 is 0 Å². The lowest BCUT2D eigenvalue weighted by molar-refractivity contribution is 0.276. The van der Waals surface area contributed by atoms with Gasteiger partial charge >= 0.3 is 0 Å². The molecule has 24 heavy (non-hydrogen) atoms. The molecule has 0 N–H and O–H groups in total. The van der Waals surface area contributed by atoms with Crippen molar-refractivity contribution in [2.24, 2.45) is 29.6 Å². The number of fused-ring (bicyclic) bond motifs is 2. The lowest BCUT2D eigenvalue weighted by atomic mass is 9.75. The molecule has 0 spiro atoms. The molecule has 5 atom stereocenters. The van der Waals surface area contributed by atoms with E-state index in [2.05, 4.69) is 32.6 Å². The molecule has 0 saturated heterocycles. The van der Waals surface area contributed by atoms with E-state index in [0.29, 0.717) is 5.92 Å². The van der Waals surface area contributed by atoms with Crippen molar-refractivity contribution in [3.63, 3.8) is 0 Å². The first kappa shape index (κ1) is 18.1. The topological polar surface area (TPSA) is 0 Å². The summed E-state index contributed by atoms with van der Waals surface area (Å²) >= 11 is 0. The third kappa shape index (κ3) is 4.28. The summed E-state index contributed by atoms with van der Waals surface area (Å²) in [6, 6.07) is 0. The van der Waals surface area contributed by atoms with Crippen LogP contribution in [0.2, 0.25) is 0 Å². The van der Waals surface area contributed by atoms with Crippen molar-refractivity contribution in [3.05, 3.63) is 11.1 Å². The van der Waals surface area contributed by atoms with E-state index in [4.69, 9.17) is 0 Å². The molecule has 0 aromatic heterocycles. The Morgan fingerprint density at radius 2 is 1.79 bits per heavy atom. The minimum Gasteiger partial charge on any atom is -0.103 e. The van der Waals surface area contributed by atoms with Gasteiger partial charge in [-0.1, -0.05) is 69.9 Å². The van der Waals surface area contributed by atoms with Gasteiger partial charge in [0.05, 0.1) is 0 Å². The van der Waals surface area contributed by atoms with Gasteiger partial charge in [0, 0.05) is 12.3 Å². The second-order valence-electron chi connectivity index (χ2n) is 9.05. The van der Waals surface area contributed by atoms with Crippen molar-refractivity contribution in [1.82, 2.24) is 0 Å². The summed E-state index contributed by atoms with van der Waals surface area (Å²) in [6.45, 7) is 7.32. The molecule has 0 amide bonds. The molecule has 0 nitrogen and oxygen atoms in total. The summed E-state index contributed by atoms with van der Waals surface area (Å²) in [7, 11) is 0. The summed E-state index contributed by atoms with van der Waals surface area (Å²) in [5.41, 5.74) is 3.72. The molecule has 0 fully saturated rings. The van der Waals surface area contributed by atoms with Gasteiger partial charge in [-0.15, -0.1) is 5.92 Å². The van der Waals surface area contributed by atoms with Gasteiger partial charge in [-0.25, -0.2) is 0 Å². The molecule has 0 aliphatic heterocycles. The van der Waals surface area contributed by atoms with E-state index in [1.54, 1.807) is 0 Å². The van der Waals surface area contributed by atoms with Gasteiger partial charge in [-0.2, -0.15) is 0 Å². The van der Waals surface area contributed by atoms with E-state index in [-0.39, 0.29) is 0 Å². The summed E-state index contributed by atoms with van der Waals surface area (Å²) in [5.74, 6) is 11.3. The lowest BCUT2D eigenvalue weighted by Crippen LogP contribution is -2.22. The van der Waals surface area contributed by atoms with Crippen LogP contribution in [0.15, 0.2) is 11.1 Å². The zero-order valence-corrected chi connectivity index (χ0v) is 16.4. The zero-order chi connectivity index (χ0) is 16.9. The Hall–Kier alpha value is -0.700. The monoisotopic (exact) mass is 326 g/mol. The first-order valence-electron chi connectivity index (χ1n) is 10.9. The van der Waals surface area contributed by atoms with Crippen LogP contribution in [-0.2, 0) is 0 Å². The minimum atomic E-state index is 0.662. The zero-order valence-electron chi connectivity index (χ0n) is 16.4. The smallest absolute Gasteiger partial charge is 0.0268 e. The predicted octanol–water partition coefficient (Wildman–Crippen LogP) is 7.15. The van der Waals surface area contributed by atoms with E-state index < -0.39 is 0 Å². The maximum absolute atomic E-state index is 3.60. The van der Waals surface area contributed by atoms with Crippen molar-refractivity contribution in [2.45, 2.75) is 97.8 Å². The average Bonchev–Trinajstić information content (AvgIpc) is 2.74. The van der Waals surface area contributed by atoms with Crippen molar-refractivity contribution in [3.8, 4) is 11.8 Å². The third-order valence-electron chi connectivity index (χ3n) is 7.40. The van der Waals surface area contributed by atoms with Crippen LogP contribution in [0.5, 0.6) is 0 Å². The van der Waals surface area contributed by atoms with E-state index in [0.717, 1.165) is 30.1 Å². The molecule has 0 radical (unpaired) electrons. The van der Waals surface area contributed by atoms with Gasteiger partial charge < -0.3 is 0 Å².